The molecular weight excluding hydrogens is 236 g/mol. The number of carbonyl (C=O) groups excluding carboxylic acids is 1. The third-order valence-electron chi connectivity index (χ3n) is 5.55. The number of amides is 1. The van der Waals surface area contributed by atoms with Gasteiger partial charge in [-0.05, 0) is 44.4 Å². The van der Waals surface area contributed by atoms with Gasteiger partial charge >= 0.3 is 0 Å². The van der Waals surface area contributed by atoms with E-state index in [1.54, 1.807) is 0 Å². The monoisotopic (exact) mass is 268 g/mol. The van der Waals surface area contributed by atoms with Gasteiger partial charge in [0, 0.05) is 24.5 Å². The predicted octanol–water partition coefficient (Wildman–Crippen LogP) is 3.03. The SMILES string of the molecule is CCC(C)N(CC)C(=O)C1CCC(N)C(C)C1(C)C. The smallest absolute Gasteiger partial charge is 0.226 e. The number of rotatable bonds is 4. The van der Waals surface area contributed by atoms with Crippen LogP contribution in [0, 0.1) is 17.3 Å². The average Bonchev–Trinajstić information content (AvgIpc) is 2.36. The van der Waals surface area contributed by atoms with Crippen molar-refractivity contribution in [3.05, 3.63) is 0 Å². The highest BCUT2D eigenvalue weighted by molar-refractivity contribution is 5.80. The molecule has 0 heterocycles. The van der Waals surface area contributed by atoms with Crippen LogP contribution in [-0.4, -0.2) is 29.4 Å². The molecular formula is C16H32N2O. The van der Waals surface area contributed by atoms with Gasteiger partial charge in [-0.15, -0.1) is 0 Å². The van der Waals surface area contributed by atoms with E-state index >= 15 is 0 Å². The Morgan fingerprint density at radius 2 is 1.95 bits per heavy atom. The summed E-state index contributed by atoms with van der Waals surface area (Å²) in [5, 5.41) is 0. The van der Waals surface area contributed by atoms with Crippen LogP contribution in [0.25, 0.3) is 0 Å². The van der Waals surface area contributed by atoms with E-state index in [4.69, 9.17) is 5.73 Å². The molecule has 0 aromatic carbocycles. The van der Waals surface area contributed by atoms with Crippen LogP contribution in [0.15, 0.2) is 0 Å². The van der Waals surface area contributed by atoms with Crippen molar-refractivity contribution in [1.29, 1.82) is 0 Å². The van der Waals surface area contributed by atoms with Gasteiger partial charge in [-0.25, -0.2) is 0 Å². The number of hydrogen-bond acceptors (Lipinski definition) is 2. The molecule has 2 N–H and O–H groups in total. The molecule has 0 spiro atoms. The summed E-state index contributed by atoms with van der Waals surface area (Å²) in [7, 11) is 0. The zero-order chi connectivity index (χ0) is 14.8. The maximum atomic E-state index is 12.9. The fourth-order valence-electron chi connectivity index (χ4n) is 3.40. The molecule has 0 aliphatic heterocycles. The molecule has 1 aliphatic rings. The number of nitrogens with two attached hydrogens (primary N) is 1. The fraction of sp³-hybridized carbons (Fsp3) is 0.938. The van der Waals surface area contributed by atoms with Gasteiger partial charge in [-0.2, -0.15) is 0 Å². The van der Waals surface area contributed by atoms with Gasteiger partial charge in [0.25, 0.3) is 0 Å². The third kappa shape index (κ3) is 3.13. The first kappa shape index (κ1) is 16.5. The molecule has 1 amide bonds. The molecule has 4 atom stereocenters. The highest BCUT2D eigenvalue weighted by Crippen LogP contribution is 2.45. The Morgan fingerprint density at radius 1 is 1.37 bits per heavy atom. The molecule has 19 heavy (non-hydrogen) atoms. The van der Waals surface area contributed by atoms with E-state index in [0.29, 0.717) is 17.9 Å². The standard InChI is InChI=1S/C16H32N2O/c1-7-11(3)18(8-2)15(19)13-9-10-14(17)12(4)16(13,5)6/h11-14H,7-10,17H2,1-6H3. The topological polar surface area (TPSA) is 46.3 Å². The van der Waals surface area contributed by atoms with Crippen molar-refractivity contribution >= 4 is 5.91 Å². The lowest BCUT2D eigenvalue weighted by Crippen LogP contribution is -2.53. The Bertz CT molecular complexity index is 314. The van der Waals surface area contributed by atoms with Crippen LogP contribution in [0.2, 0.25) is 0 Å². The van der Waals surface area contributed by atoms with Gasteiger partial charge in [0.05, 0.1) is 0 Å². The molecule has 0 aromatic rings. The van der Waals surface area contributed by atoms with Crippen molar-refractivity contribution in [1.82, 2.24) is 4.90 Å². The predicted molar refractivity (Wildman–Crippen MR) is 80.8 cm³/mol. The van der Waals surface area contributed by atoms with Crippen LogP contribution in [-0.2, 0) is 4.79 Å². The molecule has 1 saturated carbocycles. The summed E-state index contributed by atoms with van der Waals surface area (Å²) in [5.74, 6) is 0.850. The van der Waals surface area contributed by atoms with Gasteiger partial charge in [0.15, 0.2) is 0 Å². The second kappa shape index (κ2) is 6.25. The van der Waals surface area contributed by atoms with E-state index in [1.807, 2.05) is 0 Å². The van der Waals surface area contributed by atoms with Gasteiger partial charge in [0.1, 0.15) is 0 Å². The lowest BCUT2D eigenvalue weighted by molar-refractivity contribution is -0.145. The van der Waals surface area contributed by atoms with E-state index in [2.05, 4.69) is 46.4 Å². The maximum absolute atomic E-state index is 12.9. The van der Waals surface area contributed by atoms with Crippen molar-refractivity contribution in [3.8, 4) is 0 Å². The summed E-state index contributed by atoms with van der Waals surface area (Å²) >= 11 is 0. The second-order valence-corrected chi connectivity index (χ2v) is 6.79. The van der Waals surface area contributed by atoms with Crippen molar-refractivity contribution in [2.75, 3.05) is 6.54 Å². The Balaban J connectivity index is 2.92. The quantitative estimate of drug-likeness (QED) is 0.852. The number of nitrogens with zero attached hydrogens (tertiary/aromatic N) is 1. The van der Waals surface area contributed by atoms with Gasteiger partial charge in [-0.3, -0.25) is 4.79 Å². The lowest BCUT2D eigenvalue weighted by Gasteiger charge is -2.48. The largest absolute Gasteiger partial charge is 0.340 e. The zero-order valence-corrected chi connectivity index (χ0v) is 13.6. The molecule has 1 fully saturated rings. The fourth-order valence-corrected chi connectivity index (χ4v) is 3.40. The highest BCUT2D eigenvalue weighted by Gasteiger charge is 2.46. The molecule has 1 aliphatic carbocycles. The zero-order valence-electron chi connectivity index (χ0n) is 13.6. The second-order valence-electron chi connectivity index (χ2n) is 6.79. The number of carbonyl (C=O) groups is 1. The van der Waals surface area contributed by atoms with Crippen LogP contribution in [0.4, 0.5) is 0 Å². The average molecular weight is 268 g/mol. The highest BCUT2D eigenvalue weighted by atomic mass is 16.2. The molecule has 0 radical (unpaired) electrons. The Hall–Kier alpha value is -0.570. The molecule has 0 aromatic heterocycles. The van der Waals surface area contributed by atoms with E-state index < -0.39 is 0 Å². The summed E-state index contributed by atoms with van der Waals surface area (Å²) in [5.41, 5.74) is 6.18. The minimum atomic E-state index is -0.00433. The minimum Gasteiger partial charge on any atom is -0.340 e. The third-order valence-corrected chi connectivity index (χ3v) is 5.55. The summed E-state index contributed by atoms with van der Waals surface area (Å²) in [4.78, 5) is 14.9. The van der Waals surface area contributed by atoms with Gasteiger partial charge < -0.3 is 10.6 Å². The molecule has 112 valence electrons. The van der Waals surface area contributed by atoms with E-state index in [-0.39, 0.29) is 17.4 Å². The number of hydrogen-bond donors (Lipinski definition) is 1. The summed E-state index contributed by atoms with van der Waals surface area (Å²) in [6.45, 7) is 13.8. The van der Waals surface area contributed by atoms with Crippen molar-refractivity contribution in [2.24, 2.45) is 23.0 Å². The van der Waals surface area contributed by atoms with E-state index in [0.717, 1.165) is 25.8 Å². The normalized spacial score (nSPS) is 31.8. The molecule has 0 bridgehead atoms. The van der Waals surface area contributed by atoms with Crippen LogP contribution < -0.4 is 5.73 Å². The first-order valence-corrected chi connectivity index (χ1v) is 7.83. The van der Waals surface area contributed by atoms with Gasteiger partial charge in [-0.1, -0.05) is 27.7 Å². The van der Waals surface area contributed by atoms with Crippen LogP contribution >= 0.6 is 0 Å². The summed E-state index contributed by atoms with van der Waals surface area (Å²) in [6.07, 6.45) is 2.92. The first-order chi connectivity index (χ1) is 8.77. The van der Waals surface area contributed by atoms with Crippen molar-refractivity contribution < 1.29 is 4.79 Å². The first-order valence-electron chi connectivity index (χ1n) is 7.83. The van der Waals surface area contributed by atoms with E-state index in [1.165, 1.54) is 0 Å². The lowest BCUT2D eigenvalue weighted by atomic mass is 9.60. The van der Waals surface area contributed by atoms with E-state index in [9.17, 15) is 4.79 Å². The van der Waals surface area contributed by atoms with Crippen molar-refractivity contribution in [2.45, 2.75) is 72.9 Å². The molecule has 0 saturated heterocycles. The minimum absolute atomic E-state index is 0.00433. The summed E-state index contributed by atoms with van der Waals surface area (Å²) in [6, 6.07) is 0.567. The van der Waals surface area contributed by atoms with Crippen LogP contribution in [0.5, 0.6) is 0 Å². The summed E-state index contributed by atoms with van der Waals surface area (Å²) < 4.78 is 0. The van der Waals surface area contributed by atoms with Crippen LogP contribution in [0.3, 0.4) is 0 Å². The Labute approximate surface area is 118 Å². The Kier molecular flexibility index (Phi) is 5.43. The molecule has 4 unspecified atom stereocenters. The van der Waals surface area contributed by atoms with Crippen molar-refractivity contribution in [3.63, 3.8) is 0 Å². The molecule has 3 heteroatoms. The molecule has 3 nitrogen and oxygen atoms in total. The molecule has 1 rings (SSSR count). The maximum Gasteiger partial charge on any atom is 0.226 e. The van der Waals surface area contributed by atoms with Crippen LogP contribution in [0.1, 0.15) is 60.8 Å². The van der Waals surface area contributed by atoms with Gasteiger partial charge in [0.2, 0.25) is 5.91 Å². The Morgan fingerprint density at radius 3 is 2.42 bits per heavy atom.